The molecule has 1 amide bonds. The van der Waals surface area contributed by atoms with Crippen LogP contribution in [0.15, 0.2) is 53.5 Å². The Labute approximate surface area is 242 Å². The Bertz CT molecular complexity index is 1700. The maximum Gasteiger partial charge on any atom is 0.262 e. The van der Waals surface area contributed by atoms with Gasteiger partial charge in [0.2, 0.25) is 0 Å². The van der Waals surface area contributed by atoms with Gasteiger partial charge in [0, 0.05) is 50.1 Å². The summed E-state index contributed by atoms with van der Waals surface area (Å²) in [5.41, 5.74) is 4.19. The normalized spacial score (nSPS) is 22.7. The lowest BCUT2D eigenvalue weighted by molar-refractivity contribution is -0.121. The fourth-order valence-corrected chi connectivity index (χ4v) is 6.53. The average molecular weight is 577 g/mol. The van der Waals surface area contributed by atoms with Crippen molar-refractivity contribution in [3.63, 3.8) is 0 Å². The largest absolute Gasteiger partial charge is 0.494 e. The number of aryl methyl sites for hydroxylation is 2. The van der Waals surface area contributed by atoms with E-state index in [0.717, 1.165) is 42.3 Å². The zero-order chi connectivity index (χ0) is 29.7. The Morgan fingerprint density at radius 2 is 1.74 bits per heavy atom. The number of nitrogens with zero attached hydrogens (tertiary/aromatic N) is 4. The number of fused-ring (bicyclic) bond motifs is 1. The van der Waals surface area contributed by atoms with Crippen molar-refractivity contribution >= 4 is 22.6 Å². The van der Waals surface area contributed by atoms with E-state index >= 15 is 4.39 Å². The molecule has 42 heavy (non-hydrogen) atoms. The van der Waals surface area contributed by atoms with Gasteiger partial charge in [0.1, 0.15) is 5.82 Å². The number of rotatable bonds is 6. The molecule has 2 atom stereocenters. The Hall–Kier alpha value is -4.05. The van der Waals surface area contributed by atoms with Gasteiger partial charge in [-0.25, -0.2) is 13.8 Å². The number of hydrogen-bond donors (Lipinski definition) is 0. The van der Waals surface area contributed by atoms with Gasteiger partial charge in [-0.15, -0.1) is 0 Å². The van der Waals surface area contributed by atoms with Gasteiger partial charge in [-0.2, -0.15) is 0 Å². The highest BCUT2D eigenvalue weighted by Crippen LogP contribution is 2.43. The summed E-state index contributed by atoms with van der Waals surface area (Å²) in [7, 11) is 4.81. The third-order valence-corrected chi connectivity index (χ3v) is 8.71. The van der Waals surface area contributed by atoms with Crippen molar-refractivity contribution in [2.45, 2.75) is 63.4 Å². The number of pyridine rings is 1. The zero-order valence-corrected chi connectivity index (χ0v) is 24.1. The number of methoxy groups -OCH3 is 2. The Morgan fingerprint density at radius 1 is 0.976 bits per heavy atom. The first-order valence-corrected chi connectivity index (χ1v) is 14.2. The van der Waals surface area contributed by atoms with Crippen LogP contribution in [-0.4, -0.2) is 46.5 Å². The molecule has 2 aromatic heterocycles. The third kappa shape index (κ3) is 4.77. The van der Waals surface area contributed by atoms with Gasteiger partial charge in [-0.05, 0) is 74.1 Å². The lowest BCUT2D eigenvalue weighted by Crippen LogP contribution is -2.32. The second kappa shape index (κ2) is 11.0. The average Bonchev–Trinajstić information content (AvgIpc) is 3.51. The number of amides is 1. The molecule has 0 radical (unpaired) electrons. The number of benzene rings is 2. The van der Waals surface area contributed by atoms with Gasteiger partial charge in [0.15, 0.2) is 17.7 Å². The summed E-state index contributed by atoms with van der Waals surface area (Å²) in [6, 6.07) is 11.4. The van der Waals surface area contributed by atoms with E-state index in [9.17, 15) is 14.0 Å². The Balaban J connectivity index is 1.50. The molecule has 8 nitrogen and oxygen atoms in total. The second-order valence-electron chi connectivity index (χ2n) is 11.3. The maximum atomic E-state index is 15.2. The lowest BCUT2D eigenvalue weighted by Gasteiger charge is -2.32. The monoisotopic (exact) mass is 576 g/mol. The molecule has 2 aliphatic rings. The first-order chi connectivity index (χ1) is 20.2. The topological polar surface area (TPSA) is 78.6 Å². The molecule has 10 heteroatoms. The van der Waals surface area contributed by atoms with Crippen molar-refractivity contribution in [2.24, 2.45) is 7.05 Å². The summed E-state index contributed by atoms with van der Waals surface area (Å²) in [4.78, 5) is 31.8. The number of alkyl halides is 1. The molecule has 1 aliphatic carbocycles. The van der Waals surface area contributed by atoms with Crippen molar-refractivity contribution in [2.75, 3.05) is 19.1 Å². The predicted octanol–water partition coefficient (Wildman–Crippen LogP) is 5.80. The number of anilines is 1. The number of ether oxygens (including phenoxy) is 2. The second-order valence-corrected chi connectivity index (χ2v) is 11.3. The molecule has 2 aromatic carbocycles. The molecule has 2 fully saturated rings. The van der Waals surface area contributed by atoms with Gasteiger partial charge in [-0.3, -0.25) is 14.5 Å². The molecule has 6 rings (SSSR count). The van der Waals surface area contributed by atoms with E-state index in [4.69, 9.17) is 14.5 Å². The van der Waals surface area contributed by atoms with E-state index in [-0.39, 0.29) is 35.6 Å². The molecule has 1 aliphatic heterocycles. The Morgan fingerprint density at radius 3 is 2.40 bits per heavy atom. The summed E-state index contributed by atoms with van der Waals surface area (Å²) < 4.78 is 44.3. The van der Waals surface area contributed by atoms with Crippen LogP contribution in [0.4, 0.5) is 14.5 Å². The van der Waals surface area contributed by atoms with Crippen LogP contribution in [0.1, 0.15) is 55.6 Å². The van der Waals surface area contributed by atoms with E-state index in [1.54, 1.807) is 37.9 Å². The molecule has 220 valence electrons. The minimum Gasteiger partial charge on any atom is -0.494 e. The van der Waals surface area contributed by atoms with Crippen LogP contribution < -0.4 is 15.2 Å². The van der Waals surface area contributed by atoms with Crippen LogP contribution in [0.3, 0.4) is 0 Å². The Kier molecular flexibility index (Phi) is 7.34. The summed E-state index contributed by atoms with van der Waals surface area (Å²) in [6.45, 7) is 1.79. The van der Waals surface area contributed by atoms with Gasteiger partial charge < -0.3 is 18.6 Å². The molecule has 4 aromatic rings. The van der Waals surface area contributed by atoms with Crippen LogP contribution in [0.25, 0.3) is 22.2 Å². The molecule has 3 heterocycles. The van der Waals surface area contributed by atoms with Crippen LogP contribution >= 0.6 is 0 Å². The van der Waals surface area contributed by atoms with Crippen molar-refractivity contribution < 1.29 is 23.0 Å². The molecule has 0 spiro atoms. The van der Waals surface area contributed by atoms with E-state index < -0.39 is 23.9 Å². The van der Waals surface area contributed by atoms with Gasteiger partial charge in [-0.1, -0.05) is 6.07 Å². The highest BCUT2D eigenvalue weighted by atomic mass is 19.1. The summed E-state index contributed by atoms with van der Waals surface area (Å²) in [5, 5.41) is 0. The summed E-state index contributed by atoms with van der Waals surface area (Å²) >= 11 is 0. The smallest absolute Gasteiger partial charge is 0.262 e. The minimum atomic E-state index is -1.73. The molecule has 0 N–H and O–H groups in total. The summed E-state index contributed by atoms with van der Waals surface area (Å²) in [6.07, 6.45) is 3.59. The van der Waals surface area contributed by atoms with Crippen LogP contribution in [0, 0.1) is 12.7 Å². The summed E-state index contributed by atoms with van der Waals surface area (Å²) in [5.74, 6) is -0.730. The van der Waals surface area contributed by atoms with Crippen LogP contribution in [-0.2, 0) is 16.6 Å². The van der Waals surface area contributed by atoms with Crippen molar-refractivity contribution in [3.05, 3.63) is 76.2 Å². The molecule has 0 bridgehead atoms. The van der Waals surface area contributed by atoms with Crippen molar-refractivity contribution in [1.82, 2.24) is 14.1 Å². The van der Waals surface area contributed by atoms with Crippen LogP contribution in [0.5, 0.6) is 5.75 Å². The number of aromatic nitrogens is 3. The third-order valence-electron chi connectivity index (χ3n) is 8.71. The van der Waals surface area contributed by atoms with Crippen molar-refractivity contribution in [1.29, 1.82) is 0 Å². The van der Waals surface area contributed by atoms with Gasteiger partial charge in [0.25, 0.3) is 11.5 Å². The zero-order valence-electron chi connectivity index (χ0n) is 24.1. The number of hydrogen-bond acceptors (Lipinski definition) is 5. The van der Waals surface area contributed by atoms with Gasteiger partial charge in [0.05, 0.1) is 30.3 Å². The predicted molar refractivity (Wildman–Crippen MR) is 156 cm³/mol. The fraction of sp³-hybridized carbons (Fsp3) is 0.406. The van der Waals surface area contributed by atoms with E-state index in [0.29, 0.717) is 16.9 Å². The molecule has 1 saturated carbocycles. The molecule has 1 saturated heterocycles. The number of halogens is 2. The molecular weight excluding hydrogens is 542 g/mol. The first kappa shape index (κ1) is 28.1. The highest BCUT2D eigenvalue weighted by molar-refractivity contribution is 6.00. The number of carbonyl (C=O) groups is 1. The maximum absolute atomic E-state index is 15.2. The minimum absolute atomic E-state index is 0.0436. The quantitative estimate of drug-likeness (QED) is 0.290. The fourth-order valence-electron chi connectivity index (χ4n) is 6.53. The highest BCUT2D eigenvalue weighted by Gasteiger charge is 2.45. The first-order valence-electron chi connectivity index (χ1n) is 14.2. The van der Waals surface area contributed by atoms with E-state index in [1.807, 2.05) is 24.3 Å². The van der Waals surface area contributed by atoms with E-state index in [1.165, 1.54) is 24.1 Å². The van der Waals surface area contributed by atoms with Gasteiger partial charge >= 0.3 is 0 Å². The van der Waals surface area contributed by atoms with E-state index in [2.05, 4.69) is 4.57 Å². The number of imidazole rings is 1. The van der Waals surface area contributed by atoms with Crippen molar-refractivity contribution in [3.8, 4) is 16.9 Å². The number of carbonyl (C=O) groups excluding carboxylic acids is 1. The standard InChI is InChI=1S/C32H34F2N4O4/c1-18-13-20(17-36(2)31(18)39)19-5-11-27-26(14-19)35-30(37(27)21-6-9-23(41-3)10-7-21)28-16-25(34)32(40)38(28)22-8-12-29(42-4)24(33)15-22/h5,8,11-15,17,21,23,25,28H,6-7,9-10,16H2,1-4H3/t21?,23?,25-,28-/m0/s1. The lowest BCUT2D eigenvalue weighted by atomic mass is 9.92. The molecule has 0 unspecified atom stereocenters. The van der Waals surface area contributed by atoms with Crippen LogP contribution in [0.2, 0.25) is 0 Å². The SMILES string of the molecule is COc1ccc(N2C(=O)[C@@H](F)C[C@H]2c2nc3cc(-c4cc(C)c(=O)n(C)c4)ccc3n2C2CCC(OC)CC2)cc1F. The molecular formula is C32H34F2N4O4.